The molecule has 0 bridgehead atoms. The Kier molecular flexibility index (Phi) is 4.75. The molecule has 0 atom stereocenters. The summed E-state index contributed by atoms with van der Waals surface area (Å²) in [5.74, 6) is -0.308. The van der Waals surface area contributed by atoms with Gasteiger partial charge in [0.25, 0.3) is 0 Å². The van der Waals surface area contributed by atoms with Gasteiger partial charge in [0.2, 0.25) is 0 Å². The van der Waals surface area contributed by atoms with Gasteiger partial charge in [-0.3, -0.25) is 4.79 Å². The van der Waals surface area contributed by atoms with Crippen LogP contribution in [0.3, 0.4) is 0 Å². The summed E-state index contributed by atoms with van der Waals surface area (Å²) in [6.07, 6.45) is 8.22. The van der Waals surface area contributed by atoms with Crippen LogP contribution in [0.4, 0.5) is 5.69 Å². The maximum absolute atomic E-state index is 12.2. The lowest BCUT2D eigenvalue weighted by Crippen LogP contribution is -2.22. The number of hydrogen-bond donors (Lipinski definition) is 0. The Morgan fingerprint density at radius 2 is 1.89 bits per heavy atom. The zero-order valence-corrected chi connectivity index (χ0v) is 16.1. The number of ether oxygens (including phenoxy) is 1. The van der Waals surface area contributed by atoms with E-state index in [4.69, 9.17) is 4.74 Å². The van der Waals surface area contributed by atoms with Crippen LogP contribution >= 0.6 is 0 Å². The summed E-state index contributed by atoms with van der Waals surface area (Å²) in [6.45, 7) is 9.48. The Morgan fingerprint density at radius 1 is 1.19 bits per heavy atom. The van der Waals surface area contributed by atoms with Gasteiger partial charge in [-0.25, -0.2) is 4.79 Å². The number of esters is 1. The number of fused-ring (bicyclic) bond motifs is 1. The predicted octanol–water partition coefficient (Wildman–Crippen LogP) is 4.37. The van der Waals surface area contributed by atoms with Crippen molar-refractivity contribution in [2.45, 2.75) is 26.2 Å². The smallest absolute Gasteiger partial charge is 0.338 e. The number of carbonyl (C=O) groups excluding carboxylic acids is 2. The van der Waals surface area contributed by atoms with Crippen LogP contribution in [-0.4, -0.2) is 18.8 Å². The van der Waals surface area contributed by atoms with Crippen molar-refractivity contribution in [3.05, 3.63) is 89.4 Å². The summed E-state index contributed by atoms with van der Waals surface area (Å²) in [5, 5.41) is 0. The van der Waals surface area contributed by atoms with Gasteiger partial charge in [0.1, 0.15) is 5.76 Å². The average Bonchev–Trinajstić information content (AvgIpc) is 2.82. The number of hydrogen-bond acceptors (Lipinski definition) is 4. The molecule has 1 aromatic carbocycles. The van der Waals surface area contributed by atoms with Crippen LogP contribution in [0, 0.1) is 0 Å². The van der Waals surface area contributed by atoms with Crippen LogP contribution in [0.15, 0.2) is 83.8 Å². The van der Waals surface area contributed by atoms with Crippen molar-refractivity contribution in [1.29, 1.82) is 0 Å². The molecule has 1 heterocycles. The highest BCUT2D eigenvalue weighted by Gasteiger charge is 2.37. The first-order chi connectivity index (χ1) is 12.7. The first-order valence-electron chi connectivity index (χ1n) is 8.79. The molecule has 138 valence electrons. The molecule has 27 heavy (non-hydrogen) atoms. The van der Waals surface area contributed by atoms with Gasteiger partial charge in [0, 0.05) is 35.0 Å². The fourth-order valence-corrected chi connectivity index (χ4v) is 3.38. The fourth-order valence-electron chi connectivity index (χ4n) is 3.38. The lowest BCUT2D eigenvalue weighted by molar-refractivity contribution is -0.134. The molecule has 0 aromatic heterocycles. The first-order valence-corrected chi connectivity index (χ1v) is 8.79. The Balaban J connectivity index is 1.93. The molecule has 1 aliphatic carbocycles. The number of allylic oxidation sites excluding steroid dienone is 7. The van der Waals surface area contributed by atoms with E-state index in [9.17, 15) is 9.59 Å². The maximum Gasteiger partial charge on any atom is 0.338 e. The van der Waals surface area contributed by atoms with Gasteiger partial charge in [-0.1, -0.05) is 38.6 Å². The van der Waals surface area contributed by atoms with Crippen LogP contribution in [0.25, 0.3) is 0 Å². The van der Waals surface area contributed by atoms with Crippen LogP contribution in [0.1, 0.15) is 26.3 Å². The molecule has 0 amide bonds. The number of ketones is 1. The van der Waals surface area contributed by atoms with Gasteiger partial charge >= 0.3 is 5.97 Å². The van der Waals surface area contributed by atoms with E-state index in [-0.39, 0.29) is 11.2 Å². The fraction of sp³-hybridized carbons (Fsp3) is 0.217. The van der Waals surface area contributed by atoms with Gasteiger partial charge < -0.3 is 9.64 Å². The van der Waals surface area contributed by atoms with Crippen molar-refractivity contribution in [2.24, 2.45) is 0 Å². The SMILES string of the molecule is C=C(C)C(=O)OC1=C/C(=C/C=C2/N(C)c3ccccc3C2(C)C)C(=O)C=C1. The second kappa shape index (κ2) is 6.88. The number of benzene rings is 1. The molecule has 4 heteroatoms. The molecule has 0 saturated carbocycles. The summed E-state index contributed by atoms with van der Waals surface area (Å²) in [6, 6.07) is 8.28. The first kappa shape index (κ1) is 18.6. The number of rotatable bonds is 3. The highest BCUT2D eigenvalue weighted by molar-refractivity contribution is 6.08. The zero-order valence-electron chi connectivity index (χ0n) is 16.1. The summed E-state index contributed by atoms with van der Waals surface area (Å²) in [7, 11) is 2.02. The van der Waals surface area contributed by atoms with E-state index >= 15 is 0 Å². The second-order valence-corrected chi connectivity index (χ2v) is 7.29. The normalized spacial score (nSPS) is 20.7. The minimum atomic E-state index is -0.509. The van der Waals surface area contributed by atoms with Crippen molar-refractivity contribution in [3.63, 3.8) is 0 Å². The van der Waals surface area contributed by atoms with E-state index in [1.165, 1.54) is 17.7 Å². The van der Waals surface area contributed by atoms with Crippen LogP contribution in [0.2, 0.25) is 0 Å². The van der Waals surface area contributed by atoms with Crippen molar-refractivity contribution < 1.29 is 14.3 Å². The minimum Gasteiger partial charge on any atom is -0.423 e. The van der Waals surface area contributed by atoms with Crippen molar-refractivity contribution in [3.8, 4) is 0 Å². The Morgan fingerprint density at radius 3 is 2.56 bits per heavy atom. The lowest BCUT2D eigenvalue weighted by atomic mass is 9.83. The Bertz CT molecular complexity index is 958. The molecule has 1 aliphatic heterocycles. The van der Waals surface area contributed by atoms with Crippen molar-refractivity contribution >= 4 is 17.4 Å². The second-order valence-electron chi connectivity index (χ2n) is 7.29. The van der Waals surface area contributed by atoms with E-state index in [2.05, 4.69) is 37.5 Å². The number of carbonyl (C=O) groups is 2. The van der Waals surface area contributed by atoms with E-state index in [0.717, 1.165) is 11.4 Å². The number of likely N-dealkylation sites (N-methyl/N-ethyl adjacent to an activating group) is 1. The molecule has 0 N–H and O–H groups in total. The predicted molar refractivity (Wildman–Crippen MR) is 107 cm³/mol. The molecule has 3 rings (SSSR count). The van der Waals surface area contributed by atoms with Gasteiger partial charge in [0.05, 0.1) is 0 Å². The molecule has 0 saturated heterocycles. The van der Waals surface area contributed by atoms with E-state index in [1.54, 1.807) is 19.1 Å². The third-order valence-corrected chi connectivity index (χ3v) is 4.90. The molecule has 0 radical (unpaired) electrons. The van der Waals surface area contributed by atoms with Crippen molar-refractivity contribution in [2.75, 3.05) is 11.9 Å². The van der Waals surface area contributed by atoms with Gasteiger partial charge in [-0.15, -0.1) is 0 Å². The van der Waals surface area contributed by atoms with E-state index < -0.39 is 5.97 Å². The third-order valence-electron chi connectivity index (χ3n) is 4.90. The maximum atomic E-state index is 12.2. The molecule has 1 aromatic rings. The summed E-state index contributed by atoms with van der Waals surface area (Å²) < 4.78 is 5.23. The topological polar surface area (TPSA) is 46.6 Å². The quantitative estimate of drug-likeness (QED) is 0.593. The molecule has 0 spiro atoms. The Labute approximate surface area is 159 Å². The molecular formula is C23H23NO3. The molecule has 2 aliphatic rings. The monoisotopic (exact) mass is 361 g/mol. The van der Waals surface area contributed by atoms with E-state index in [0.29, 0.717) is 16.9 Å². The number of anilines is 1. The third kappa shape index (κ3) is 3.43. The minimum absolute atomic E-state index is 0.127. The molecule has 4 nitrogen and oxygen atoms in total. The van der Waals surface area contributed by atoms with Gasteiger partial charge in [0.15, 0.2) is 5.78 Å². The van der Waals surface area contributed by atoms with Crippen LogP contribution in [0.5, 0.6) is 0 Å². The van der Waals surface area contributed by atoms with Crippen LogP contribution in [-0.2, 0) is 19.7 Å². The van der Waals surface area contributed by atoms with Crippen molar-refractivity contribution in [1.82, 2.24) is 0 Å². The number of para-hydroxylation sites is 1. The lowest BCUT2D eigenvalue weighted by Gasteiger charge is -2.23. The standard InChI is InChI=1S/C23H23NO3/c1-15(2)22(26)27-17-11-12-20(25)16(14-17)10-13-21-23(3,4)18-8-6-7-9-19(18)24(21)5/h6-14H,1H2,2-5H3/b16-10-,21-13+. The average molecular weight is 361 g/mol. The largest absolute Gasteiger partial charge is 0.423 e. The molecule has 0 fully saturated rings. The Hall–Kier alpha value is -3.14. The zero-order chi connectivity index (χ0) is 19.8. The van der Waals surface area contributed by atoms with Crippen LogP contribution < -0.4 is 4.90 Å². The summed E-state index contributed by atoms with van der Waals surface area (Å²) in [5.41, 5.74) is 4.10. The highest BCUT2D eigenvalue weighted by Crippen LogP contribution is 2.46. The molecular weight excluding hydrogens is 338 g/mol. The van der Waals surface area contributed by atoms with E-state index in [1.807, 2.05) is 25.3 Å². The van der Waals surface area contributed by atoms with Gasteiger partial charge in [-0.05, 0) is 48.9 Å². The summed E-state index contributed by atoms with van der Waals surface area (Å²) >= 11 is 0. The molecule has 0 unspecified atom stereocenters. The number of nitrogens with zero attached hydrogens (tertiary/aromatic N) is 1. The summed E-state index contributed by atoms with van der Waals surface area (Å²) in [4.78, 5) is 26.1. The highest BCUT2D eigenvalue weighted by atomic mass is 16.5. The van der Waals surface area contributed by atoms with Gasteiger partial charge in [-0.2, -0.15) is 0 Å².